The Hall–Kier alpha value is -6.10. The maximum atomic E-state index is 11.3. The van der Waals surface area contributed by atoms with Crippen LogP contribution in [0.3, 0.4) is 0 Å². The van der Waals surface area contributed by atoms with Gasteiger partial charge in [0.25, 0.3) is 0 Å². The third kappa shape index (κ3) is 9.96. The van der Waals surface area contributed by atoms with Crippen LogP contribution in [0.5, 0.6) is 0 Å². The van der Waals surface area contributed by atoms with Crippen molar-refractivity contribution in [3.05, 3.63) is 177 Å². The van der Waals surface area contributed by atoms with Gasteiger partial charge in [0.1, 0.15) is 0 Å². The van der Waals surface area contributed by atoms with Crippen molar-refractivity contribution < 1.29 is 39.6 Å². The molecule has 0 aliphatic carbocycles. The van der Waals surface area contributed by atoms with Crippen LogP contribution in [0, 0.1) is 0 Å². The van der Waals surface area contributed by atoms with Crippen LogP contribution in [0.15, 0.2) is 121 Å². The summed E-state index contributed by atoms with van der Waals surface area (Å²) in [5.74, 6) is -3.95. The zero-order chi connectivity index (χ0) is 35.6. The van der Waals surface area contributed by atoms with Crippen LogP contribution >= 0.6 is 0 Å². The molecule has 4 N–H and O–H groups in total. The van der Waals surface area contributed by atoms with Crippen LogP contribution in [-0.2, 0) is 39.3 Å². The van der Waals surface area contributed by atoms with E-state index in [0.29, 0.717) is 39.3 Å². The molecular weight excluding hydrogens is 636 g/mol. The van der Waals surface area contributed by atoms with Gasteiger partial charge in [0.2, 0.25) is 0 Å². The Morgan fingerprint density at radius 3 is 0.580 bits per heavy atom. The highest BCUT2D eigenvalue weighted by Crippen LogP contribution is 2.19. The average molecular weight is 673 g/mol. The fourth-order valence-corrected chi connectivity index (χ4v) is 5.65. The van der Waals surface area contributed by atoms with E-state index in [0.717, 1.165) is 33.4 Å². The molecule has 0 unspecified atom stereocenters. The van der Waals surface area contributed by atoms with Crippen molar-refractivity contribution in [3.63, 3.8) is 0 Å². The Labute approximate surface area is 289 Å². The average Bonchev–Trinajstić information content (AvgIpc) is 3.10. The molecule has 5 aromatic rings. The predicted octanol–water partition coefficient (Wildman–Crippen LogP) is 6.88. The quantitative estimate of drug-likeness (QED) is 0.0871. The van der Waals surface area contributed by atoms with Crippen LogP contribution in [0.4, 0.5) is 0 Å². The third-order valence-electron chi connectivity index (χ3n) is 8.26. The molecule has 0 radical (unpaired) electrons. The van der Waals surface area contributed by atoms with Gasteiger partial charge in [-0.05, 0) is 81.9 Å². The number of carbonyl (C=O) groups is 4. The monoisotopic (exact) mass is 672 g/mol. The Balaban J connectivity index is 1.32. The number of aromatic carboxylic acids is 4. The third-order valence-corrected chi connectivity index (χ3v) is 8.26. The molecule has 0 fully saturated rings. The summed E-state index contributed by atoms with van der Waals surface area (Å²) in [7, 11) is 0. The standard InChI is InChI=1S/C40H36N2O8/c43-37(44)33-13-5-29(6-14-33)23-41(24-30-7-15-34(16-8-30)38(45)46)21-27-1-2-28(4-3-27)22-42(25-31-9-17-35(18-10-31)39(47)48)26-32-11-19-36(20-12-32)40(49)50/h1-20H,21-26H2,(H,43,44)(H,45,46)(H,47,48)(H,49,50). The molecule has 0 atom stereocenters. The van der Waals surface area contributed by atoms with E-state index in [4.69, 9.17) is 0 Å². The lowest BCUT2D eigenvalue weighted by molar-refractivity contribution is 0.0686. The van der Waals surface area contributed by atoms with Gasteiger partial charge in [0.15, 0.2) is 0 Å². The van der Waals surface area contributed by atoms with Gasteiger partial charge in [-0.15, -0.1) is 0 Å². The highest BCUT2D eigenvalue weighted by atomic mass is 16.4. The van der Waals surface area contributed by atoms with Gasteiger partial charge in [-0.1, -0.05) is 72.8 Å². The number of benzene rings is 5. The number of rotatable bonds is 16. The Morgan fingerprint density at radius 1 is 0.300 bits per heavy atom. The largest absolute Gasteiger partial charge is 0.478 e. The summed E-state index contributed by atoms with van der Waals surface area (Å²) in [6, 6.07) is 35.3. The summed E-state index contributed by atoms with van der Waals surface area (Å²) in [4.78, 5) is 49.8. The highest BCUT2D eigenvalue weighted by Gasteiger charge is 2.14. The van der Waals surface area contributed by atoms with Crippen molar-refractivity contribution in [2.45, 2.75) is 39.3 Å². The molecule has 5 rings (SSSR count). The number of carboxylic acids is 4. The Morgan fingerprint density at radius 2 is 0.440 bits per heavy atom. The molecule has 0 bridgehead atoms. The van der Waals surface area contributed by atoms with Crippen molar-refractivity contribution in [2.24, 2.45) is 0 Å². The minimum Gasteiger partial charge on any atom is -0.478 e. The minimum atomic E-state index is -0.988. The smallest absolute Gasteiger partial charge is 0.335 e. The van der Waals surface area contributed by atoms with Crippen LogP contribution < -0.4 is 0 Å². The number of hydrogen-bond acceptors (Lipinski definition) is 6. The summed E-state index contributed by atoms with van der Waals surface area (Å²) in [6.07, 6.45) is 0. The lowest BCUT2D eigenvalue weighted by Crippen LogP contribution is -2.23. The van der Waals surface area contributed by atoms with E-state index in [2.05, 4.69) is 34.1 Å². The maximum absolute atomic E-state index is 11.3. The highest BCUT2D eigenvalue weighted by molar-refractivity contribution is 5.88. The molecule has 5 aromatic carbocycles. The zero-order valence-electron chi connectivity index (χ0n) is 27.1. The predicted molar refractivity (Wildman–Crippen MR) is 186 cm³/mol. The van der Waals surface area contributed by atoms with E-state index in [1.165, 1.54) is 0 Å². The van der Waals surface area contributed by atoms with Crippen molar-refractivity contribution in [3.8, 4) is 0 Å². The first-order valence-corrected chi connectivity index (χ1v) is 15.8. The molecule has 0 aliphatic rings. The second-order valence-corrected chi connectivity index (χ2v) is 12.1. The number of nitrogens with zero attached hydrogens (tertiary/aromatic N) is 2. The van der Waals surface area contributed by atoms with Crippen LogP contribution in [-0.4, -0.2) is 54.1 Å². The normalized spacial score (nSPS) is 11.1. The van der Waals surface area contributed by atoms with Gasteiger partial charge in [0, 0.05) is 39.3 Å². The molecule has 10 heteroatoms. The topological polar surface area (TPSA) is 156 Å². The molecule has 10 nitrogen and oxygen atoms in total. The summed E-state index contributed by atoms with van der Waals surface area (Å²) >= 11 is 0. The first kappa shape index (κ1) is 35.2. The van der Waals surface area contributed by atoms with Gasteiger partial charge in [-0.3, -0.25) is 9.80 Å². The van der Waals surface area contributed by atoms with Gasteiger partial charge in [0.05, 0.1) is 22.3 Å². The maximum Gasteiger partial charge on any atom is 0.335 e. The van der Waals surface area contributed by atoms with Crippen LogP contribution in [0.1, 0.15) is 74.8 Å². The second kappa shape index (κ2) is 16.3. The van der Waals surface area contributed by atoms with Crippen molar-refractivity contribution in [2.75, 3.05) is 0 Å². The van der Waals surface area contributed by atoms with Crippen LogP contribution in [0.2, 0.25) is 0 Å². The fraction of sp³-hybridized carbons (Fsp3) is 0.150. The molecule has 0 saturated heterocycles. The van der Waals surface area contributed by atoms with Gasteiger partial charge >= 0.3 is 23.9 Å². The summed E-state index contributed by atoms with van der Waals surface area (Å²) in [6.45, 7) is 3.32. The second-order valence-electron chi connectivity index (χ2n) is 12.1. The van der Waals surface area contributed by atoms with E-state index in [9.17, 15) is 39.6 Å². The van der Waals surface area contributed by atoms with Crippen molar-refractivity contribution >= 4 is 23.9 Å². The molecule has 0 aromatic heterocycles. The molecule has 0 saturated carbocycles. The number of carboxylic acid groups (broad SMARTS) is 4. The zero-order valence-corrected chi connectivity index (χ0v) is 27.1. The first-order chi connectivity index (χ1) is 24.0. The summed E-state index contributed by atoms with van der Waals surface area (Å²) < 4.78 is 0. The minimum absolute atomic E-state index is 0.212. The lowest BCUT2D eigenvalue weighted by atomic mass is 10.1. The summed E-state index contributed by atoms with van der Waals surface area (Å²) in [5, 5.41) is 37.2. The lowest BCUT2D eigenvalue weighted by Gasteiger charge is -2.24. The molecule has 50 heavy (non-hydrogen) atoms. The Bertz CT molecular complexity index is 1680. The SMILES string of the molecule is O=C(O)c1ccc(CN(Cc2ccc(CN(Cc3ccc(C(=O)O)cc3)Cc3ccc(C(=O)O)cc3)cc2)Cc2ccc(C(=O)O)cc2)cc1. The van der Waals surface area contributed by atoms with Crippen LogP contribution in [0.25, 0.3) is 0 Å². The molecule has 0 spiro atoms. The van der Waals surface area contributed by atoms with E-state index in [-0.39, 0.29) is 22.3 Å². The van der Waals surface area contributed by atoms with Crippen molar-refractivity contribution in [1.29, 1.82) is 0 Å². The molecule has 254 valence electrons. The Kier molecular flexibility index (Phi) is 11.5. The van der Waals surface area contributed by atoms with E-state index in [1.54, 1.807) is 97.1 Å². The molecule has 0 heterocycles. The first-order valence-electron chi connectivity index (χ1n) is 15.8. The summed E-state index contributed by atoms with van der Waals surface area (Å²) in [5.41, 5.74) is 6.72. The molecule has 0 amide bonds. The van der Waals surface area contributed by atoms with E-state index in [1.807, 2.05) is 0 Å². The fourth-order valence-electron chi connectivity index (χ4n) is 5.65. The van der Waals surface area contributed by atoms with Gasteiger partial charge < -0.3 is 20.4 Å². The van der Waals surface area contributed by atoms with E-state index < -0.39 is 23.9 Å². The van der Waals surface area contributed by atoms with Gasteiger partial charge in [-0.2, -0.15) is 0 Å². The molecular formula is C40H36N2O8. The number of hydrogen-bond donors (Lipinski definition) is 4. The van der Waals surface area contributed by atoms with Gasteiger partial charge in [-0.25, -0.2) is 19.2 Å². The molecule has 0 aliphatic heterocycles. The van der Waals surface area contributed by atoms with Crippen molar-refractivity contribution in [1.82, 2.24) is 9.80 Å². The van der Waals surface area contributed by atoms with E-state index >= 15 is 0 Å².